The molecular formula is C17H16BrF3. The van der Waals surface area contributed by atoms with Crippen molar-refractivity contribution in [3.63, 3.8) is 0 Å². The highest BCUT2D eigenvalue weighted by molar-refractivity contribution is 9.09. The van der Waals surface area contributed by atoms with Crippen LogP contribution >= 0.6 is 15.9 Å². The lowest BCUT2D eigenvalue weighted by Gasteiger charge is -2.17. The third kappa shape index (κ3) is 3.31. The summed E-state index contributed by atoms with van der Waals surface area (Å²) in [5, 5.41) is 0. The number of hydrogen-bond acceptors (Lipinski definition) is 0. The molecule has 1 unspecified atom stereocenters. The lowest BCUT2D eigenvalue weighted by molar-refractivity contribution is 0.527. The molecule has 0 heterocycles. The molecule has 0 aromatic heterocycles. The Morgan fingerprint density at radius 3 is 2.10 bits per heavy atom. The van der Waals surface area contributed by atoms with Crippen molar-refractivity contribution >= 4 is 15.9 Å². The van der Waals surface area contributed by atoms with Crippen LogP contribution in [-0.4, -0.2) is 0 Å². The Morgan fingerprint density at radius 1 is 0.952 bits per heavy atom. The molecule has 0 fully saturated rings. The molecule has 1 atom stereocenters. The number of rotatable bonds is 4. The van der Waals surface area contributed by atoms with Crippen molar-refractivity contribution in [3.05, 3.63) is 70.0 Å². The van der Waals surface area contributed by atoms with E-state index < -0.39 is 22.3 Å². The number of hydrogen-bond donors (Lipinski definition) is 0. The average molecular weight is 357 g/mol. The van der Waals surface area contributed by atoms with E-state index in [4.69, 9.17) is 0 Å². The Bertz CT molecular complexity index is 629. The maximum absolute atomic E-state index is 14.0. The van der Waals surface area contributed by atoms with Gasteiger partial charge in [-0.15, -0.1) is 0 Å². The number of halogens is 4. The van der Waals surface area contributed by atoms with Crippen molar-refractivity contribution in [2.45, 2.75) is 31.5 Å². The van der Waals surface area contributed by atoms with Crippen molar-refractivity contribution in [2.24, 2.45) is 0 Å². The molecule has 0 aliphatic rings. The van der Waals surface area contributed by atoms with Gasteiger partial charge in [0.2, 0.25) is 0 Å². The first-order valence-corrected chi connectivity index (χ1v) is 7.79. The van der Waals surface area contributed by atoms with E-state index >= 15 is 0 Å². The molecule has 2 aromatic rings. The molecule has 0 nitrogen and oxygen atoms in total. The first kappa shape index (κ1) is 16.1. The summed E-state index contributed by atoms with van der Waals surface area (Å²) in [6.07, 6.45) is 1.59. The van der Waals surface area contributed by atoms with Gasteiger partial charge in [0.15, 0.2) is 0 Å². The van der Waals surface area contributed by atoms with Gasteiger partial charge in [-0.25, -0.2) is 13.2 Å². The molecule has 0 spiro atoms. The van der Waals surface area contributed by atoms with Gasteiger partial charge in [-0.3, -0.25) is 0 Å². The van der Waals surface area contributed by atoms with Crippen LogP contribution in [0, 0.1) is 17.5 Å². The van der Waals surface area contributed by atoms with Crippen LogP contribution in [0.1, 0.15) is 40.9 Å². The Hall–Kier alpha value is -1.29. The van der Waals surface area contributed by atoms with Crippen LogP contribution in [0.3, 0.4) is 0 Å². The van der Waals surface area contributed by atoms with Crippen LogP contribution in [0.15, 0.2) is 30.3 Å². The smallest absolute Gasteiger partial charge is 0.133 e. The number of alkyl halides is 1. The highest BCUT2D eigenvalue weighted by Gasteiger charge is 2.22. The largest absolute Gasteiger partial charge is 0.207 e. The molecule has 0 aliphatic carbocycles. The molecule has 2 aromatic carbocycles. The van der Waals surface area contributed by atoms with Crippen LogP contribution < -0.4 is 0 Å². The van der Waals surface area contributed by atoms with Gasteiger partial charge in [0.05, 0.1) is 4.83 Å². The first-order valence-electron chi connectivity index (χ1n) is 6.88. The van der Waals surface area contributed by atoms with Crippen LogP contribution in [0.4, 0.5) is 13.2 Å². The molecule has 0 radical (unpaired) electrons. The van der Waals surface area contributed by atoms with Gasteiger partial charge in [-0.2, -0.15) is 0 Å². The molecule has 2 rings (SSSR count). The second kappa shape index (κ2) is 6.65. The van der Waals surface area contributed by atoms with E-state index in [9.17, 15) is 13.2 Å². The fourth-order valence-corrected chi connectivity index (χ4v) is 3.24. The highest BCUT2D eigenvalue weighted by atomic mass is 79.9. The minimum Gasteiger partial charge on any atom is -0.207 e. The summed E-state index contributed by atoms with van der Waals surface area (Å²) in [7, 11) is 0. The van der Waals surface area contributed by atoms with E-state index in [-0.39, 0.29) is 5.56 Å². The van der Waals surface area contributed by atoms with Crippen molar-refractivity contribution in [2.75, 3.05) is 0 Å². The van der Waals surface area contributed by atoms with Gasteiger partial charge < -0.3 is 0 Å². The molecule has 0 aliphatic heterocycles. The lowest BCUT2D eigenvalue weighted by Crippen LogP contribution is -2.05. The molecule has 0 bridgehead atoms. The predicted molar refractivity (Wildman–Crippen MR) is 82.3 cm³/mol. The molecule has 21 heavy (non-hydrogen) atoms. The Labute approximate surface area is 131 Å². The summed E-state index contributed by atoms with van der Waals surface area (Å²) in [6.45, 7) is 4.01. The van der Waals surface area contributed by atoms with Gasteiger partial charge in [0.1, 0.15) is 17.5 Å². The predicted octanol–water partition coefficient (Wildman–Crippen LogP) is 5.71. The zero-order chi connectivity index (χ0) is 15.6. The zero-order valence-corrected chi connectivity index (χ0v) is 13.5. The Morgan fingerprint density at radius 2 is 1.57 bits per heavy atom. The standard InChI is InChI=1S/C17H16BrF3/c1-3-10-5-6-11(4-2)13(7-10)17(18)16-14(20)8-12(19)9-15(16)21/h5-9,17H,3-4H2,1-2H3. The summed E-state index contributed by atoms with van der Waals surface area (Å²) in [5.41, 5.74) is 2.77. The van der Waals surface area contributed by atoms with E-state index in [1.54, 1.807) is 0 Å². The summed E-state index contributed by atoms with van der Waals surface area (Å²) < 4.78 is 41.0. The van der Waals surface area contributed by atoms with Crippen LogP contribution in [0.2, 0.25) is 0 Å². The molecule has 4 heteroatoms. The van der Waals surface area contributed by atoms with Gasteiger partial charge in [0.25, 0.3) is 0 Å². The minimum absolute atomic E-state index is 0.153. The van der Waals surface area contributed by atoms with Crippen molar-refractivity contribution in [1.82, 2.24) is 0 Å². The summed E-state index contributed by atoms with van der Waals surface area (Å²) in [5.74, 6) is -2.66. The third-order valence-electron chi connectivity index (χ3n) is 3.57. The minimum atomic E-state index is -0.911. The Kier molecular flexibility index (Phi) is 5.09. The molecule has 0 saturated heterocycles. The molecule has 0 saturated carbocycles. The fourth-order valence-electron chi connectivity index (χ4n) is 2.37. The van der Waals surface area contributed by atoms with Gasteiger partial charge in [-0.05, 0) is 29.5 Å². The molecule has 112 valence electrons. The van der Waals surface area contributed by atoms with E-state index in [1.165, 1.54) is 0 Å². The second-order valence-electron chi connectivity index (χ2n) is 4.89. The normalized spacial score (nSPS) is 12.5. The zero-order valence-electron chi connectivity index (χ0n) is 11.9. The van der Waals surface area contributed by atoms with Gasteiger partial charge in [0, 0.05) is 17.7 Å². The van der Waals surface area contributed by atoms with Crippen molar-refractivity contribution in [3.8, 4) is 0 Å². The molecule has 0 N–H and O–H groups in total. The first-order chi connectivity index (χ1) is 9.97. The van der Waals surface area contributed by atoms with Crippen LogP contribution in [0.25, 0.3) is 0 Å². The van der Waals surface area contributed by atoms with Gasteiger partial charge in [-0.1, -0.05) is 48.0 Å². The van der Waals surface area contributed by atoms with Crippen LogP contribution in [0.5, 0.6) is 0 Å². The van der Waals surface area contributed by atoms with Crippen molar-refractivity contribution < 1.29 is 13.2 Å². The second-order valence-corrected chi connectivity index (χ2v) is 5.80. The number of benzene rings is 2. The highest BCUT2D eigenvalue weighted by Crippen LogP contribution is 2.37. The Balaban J connectivity index is 2.56. The fraction of sp³-hybridized carbons (Fsp3) is 0.294. The summed E-state index contributed by atoms with van der Waals surface area (Å²) >= 11 is 3.37. The monoisotopic (exact) mass is 356 g/mol. The van der Waals surface area contributed by atoms with E-state index in [0.717, 1.165) is 29.5 Å². The van der Waals surface area contributed by atoms with E-state index in [0.29, 0.717) is 12.1 Å². The molecular weight excluding hydrogens is 341 g/mol. The summed E-state index contributed by atoms with van der Waals surface area (Å²) in [6, 6.07) is 7.35. The van der Waals surface area contributed by atoms with E-state index in [2.05, 4.69) is 15.9 Å². The summed E-state index contributed by atoms with van der Waals surface area (Å²) in [4.78, 5) is -0.639. The lowest BCUT2D eigenvalue weighted by atomic mass is 9.95. The van der Waals surface area contributed by atoms with E-state index in [1.807, 2.05) is 32.0 Å². The molecule has 0 amide bonds. The average Bonchev–Trinajstić information content (AvgIpc) is 2.45. The van der Waals surface area contributed by atoms with Crippen LogP contribution in [-0.2, 0) is 12.8 Å². The number of aryl methyl sites for hydroxylation is 2. The maximum atomic E-state index is 14.0. The topological polar surface area (TPSA) is 0 Å². The maximum Gasteiger partial charge on any atom is 0.133 e. The quantitative estimate of drug-likeness (QED) is 0.615. The SMILES string of the molecule is CCc1ccc(CC)c(C(Br)c2c(F)cc(F)cc2F)c1. The van der Waals surface area contributed by atoms with Crippen molar-refractivity contribution in [1.29, 1.82) is 0 Å². The third-order valence-corrected chi connectivity index (χ3v) is 4.52. The van der Waals surface area contributed by atoms with Gasteiger partial charge >= 0.3 is 0 Å².